The Morgan fingerprint density at radius 3 is 2.29 bits per heavy atom. The minimum Gasteiger partial charge on any atom is -0.437 e. The Bertz CT molecular complexity index is 190. The fourth-order valence-electron chi connectivity index (χ4n) is 1.13. The van der Waals surface area contributed by atoms with Crippen molar-refractivity contribution >= 4 is 13.0 Å². The second kappa shape index (κ2) is 5.36. The molecule has 5 heteroatoms. The van der Waals surface area contributed by atoms with E-state index >= 15 is 0 Å². The summed E-state index contributed by atoms with van der Waals surface area (Å²) in [5.74, 6) is -0.0686. The number of rotatable bonds is 4. The highest BCUT2D eigenvalue weighted by molar-refractivity contribution is 6.46. The van der Waals surface area contributed by atoms with Crippen molar-refractivity contribution in [2.75, 3.05) is 0 Å². The highest BCUT2D eigenvalue weighted by Gasteiger charge is 2.22. The van der Waals surface area contributed by atoms with Gasteiger partial charge in [0, 0.05) is 5.54 Å². The number of hydrogen-bond donors (Lipinski definition) is 3. The van der Waals surface area contributed by atoms with Crippen LogP contribution in [0.2, 0.25) is 6.82 Å². The van der Waals surface area contributed by atoms with Gasteiger partial charge in [0.05, 0.1) is 6.04 Å². The summed E-state index contributed by atoms with van der Waals surface area (Å²) in [6, 6.07) is -0.325. The molecule has 0 bridgehead atoms. The molecule has 4 nitrogen and oxygen atoms in total. The molecule has 0 radical (unpaired) electrons. The molecule has 0 aliphatic heterocycles. The average Bonchev–Trinajstić information content (AvgIpc) is 1.96. The number of nitrogens with one attached hydrogen (secondary N) is 2. The molecule has 0 aromatic rings. The molecular formula is C9H21BN2O2. The second-order valence-electron chi connectivity index (χ2n) is 4.54. The Labute approximate surface area is 86.6 Å². The predicted molar refractivity (Wildman–Crippen MR) is 58.9 cm³/mol. The van der Waals surface area contributed by atoms with Gasteiger partial charge < -0.3 is 15.6 Å². The summed E-state index contributed by atoms with van der Waals surface area (Å²) >= 11 is 0. The van der Waals surface area contributed by atoms with E-state index in [1.54, 1.807) is 6.82 Å². The van der Waals surface area contributed by atoms with Crippen LogP contribution in [-0.4, -0.2) is 29.6 Å². The number of hydrogen-bond acceptors (Lipinski definition) is 3. The van der Waals surface area contributed by atoms with E-state index in [0.29, 0.717) is 6.42 Å². The van der Waals surface area contributed by atoms with Gasteiger partial charge in [-0.3, -0.25) is 4.79 Å². The summed E-state index contributed by atoms with van der Waals surface area (Å²) in [7, 11) is -0.661. The molecule has 0 saturated carbocycles. The maximum Gasteiger partial charge on any atom is 0.374 e. The van der Waals surface area contributed by atoms with Crippen LogP contribution in [0.3, 0.4) is 0 Å². The zero-order valence-electron chi connectivity index (χ0n) is 9.72. The molecule has 3 N–H and O–H groups in total. The third-order valence-corrected chi connectivity index (χ3v) is 1.67. The van der Waals surface area contributed by atoms with Crippen molar-refractivity contribution in [2.24, 2.45) is 0 Å². The van der Waals surface area contributed by atoms with E-state index in [9.17, 15) is 4.79 Å². The van der Waals surface area contributed by atoms with Gasteiger partial charge in [-0.15, -0.1) is 0 Å². The topological polar surface area (TPSA) is 61.4 Å². The van der Waals surface area contributed by atoms with Gasteiger partial charge in [0.2, 0.25) is 5.91 Å². The largest absolute Gasteiger partial charge is 0.437 e. The van der Waals surface area contributed by atoms with Crippen molar-refractivity contribution in [3.63, 3.8) is 0 Å². The van der Waals surface area contributed by atoms with Crippen LogP contribution in [0.25, 0.3) is 0 Å². The summed E-state index contributed by atoms with van der Waals surface area (Å²) < 4.78 is 0. The third-order valence-electron chi connectivity index (χ3n) is 1.67. The monoisotopic (exact) mass is 200 g/mol. The van der Waals surface area contributed by atoms with E-state index in [1.165, 1.54) is 0 Å². The van der Waals surface area contributed by atoms with Crippen molar-refractivity contribution in [2.45, 2.75) is 52.5 Å². The third kappa shape index (κ3) is 5.99. The van der Waals surface area contributed by atoms with Gasteiger partial charge in [-0.05, 0) is 34.0 Å². The standard InChI is InChI=1S/C9H21BN2O2/c1-6-7(12-10(5)14)8(13)11-9(2,3)4/h7,12,14H,6H2,1-5H3,(H,11,13). The van der Waals surface area contributed by atoms with Crippen LogP contribution in [-0.2, 0) is 4.79 Å². The summed E-state index contributed by atoms with van der Waals surface area (Å²) in [4.78, 5) is 11.6. The first-order valence-corrected chi connectivity index (χ1v) is 5.02. The molecule has 1 amide bonds. The van der Waals surface area contributed by atoms with Gasteiger partial charge in [-0.1, -0.05) is 6.92 Å². The van der Waals surface area contributed by atoms with E-state index in [2.05, 4.69) is 10.5 Å². The molecule has 1 atom stereocenters. The Morgan fingerprint density at radius 2 is 2.00 bits per heavy atom. The lowest BCUT2D eigenvalue weighted by Crippen LogP contribution is -2.53. The number of carbonyl (C=O) groups excluding carboxylic acids is 1. The highest BCUT2D eigenvalue weighted by atomic mass is 16.2. The Kier molecular flexibility index (Phi) is 5.16. The first kappa shape index (κ1) is 13.5. The maximum atomic E-state index is 11.6. The molecule has 14 heavy (non-hydrogen) atoms. The van der Waals surface area contributed by atoms with Gasteiger partial charge in [0.15, 0.2) is 0 Å². The zero-order valence-corrected chi connectivity index (χ0v) is 9.72. The Morgan fingerprint density at radius 1 is 1.50 bits per heavy atom. The molecule has 0 aromatic heterocycles. The lowest BCUT2D eigenvalue weighted by molar-refractivity contribution is -0.124. The van der Waals surface area contributed by atoms with Crippen LogP contribution in [0.4, 0.5) is 0 Å². The molecule has 0 aliphatic rings. The molecule has 1 unspecified atom stereocenters. The fourth-order valence-corrected chi connectivity index (χ4v) is 1.13. The molecule has 0 fully saturated rings. The maximum absolute atomic E-state index is 11.6. The van der Waals surface area contributed by atoms with Crippen LogP contribution >= 0.6 is 0 Å². The lowest BCUT2D eigenvalue weighted by Gasteiger charge is -2.25. The van der Waals surface area contributed by atoms with Crippen molar-refractivity contribution in [3.8, 4) is 0 Å². The van der Waals surface area contributed by atoms with Gasteiger partial charge >= 0.3 is 7.05 Å². The van der Waals surface area contributed by atoms with E-state index < -0.39 is 7.05 Å². The molecule has 0 rings (SSSR count). The molecule has 0 aromatic carbocycles. The second-order valence-corrected chi connectivity index (χ2v) is 4.54. The van der Waals surface area contributed by atoms with E-state index in [1.807, 2.05) is 27.7 Å². The van der Waals surface area contributed by atoms with Gasteiger partial charge in [-0.25, -0.2) is 0 Å². The molecule has 0 saturated heterocycles. The summed E-state index contributed by atoms with van der Waals surface area (Å²) in [5, 5.41) is 14.8. The van der Waals surface area contributed by atoms with Crippen molar-refractivity contribution in [1.82, 2.24) is 10.5 Å². The zero-order chi connectivity index (χ0) is 11.4. The minimum atomic E-state index is -0.661. The van der Waals surface area contributed by atoms with Crippen LogP contribution < -0.4 is 10.5 Å². The van der Waals surface area contributed by atoms with E-state index in [-0.39, 0.29) is 17.5 Å². The van der Waals surface area contributed by atoms with Crippen LogP contribution in [0.1, 0.15) is 34.1 Å². The molecule has 0 aliphatic carbocycles. The molecule has 0 spiro atoms. The Balaban J connectivity index is 4.18. The summed E-state index contributed by atoms with van der Waals surface area (Å²) in [5.41, 5.74) is -0.231. The van der Waals surface area contributed by atoms with Crippen molar-refractivity contribution in [1.29, 1.82) is 0 Å². The first-order chi connectivity index (χ1) is 6.26. The van der Waals surface area contributed by atoms with Crippen molar-refractivity contribution < 1.29 is 9.82 Å². The minimum absolute atomic E-state index is 0.0686. The van der Waals surface area contributed by atoms with Gasteiger partial charge in [0.25, 0.3) is 0 Å². The van der Waals surface area contributed by atoms with E-state index in [0.717, 1.165) is 0 Å². The molecule has 82 valence electrons. The normalized spacial score (nSPS) is 13.6. The molecular weight excluding hydrogens is 179 g/mol. The van der Waals surface area contributed by atoms with E-state index in [4.69, 9.17) is 5.02 Å². The van der Waals surface area contributed by atoms with Crippen LogP contribution in [0, 0.1) is 0 Å². The summed E-state index contributed by atoms with van der Waals surface area (Å²) in [6.45, 7) is 9.30. The van der Waals surface area contributed by atoms with Gasteiger partial charge in [-0.2, -0.15) is 0 Å². The smallest absolute Gasteiger partial charge is 0.374 e. The number of amides is 1. The summed E-state index contributed by atoms with van der Waals surface area (Å²) in [6.07, 6.45) is 0.660. The average molecular weight is 200 g/mol. The number of carbonyl (C=O) groups is 1. The Hall–Kier alpha value is -0.545. The SMILES string of the molecule is CCC(NB(C)O)C(=O)NC(C)(C)C. The lowest BCUT2D eigenvalue weighted by atomic mass is 9.86. The predicted octanol–water partition coefficient (Wildman–Crippen LogP) is 0.380. The highest BCUT2D eigenvalue weighted by Crippen LogP contribution is 2.01. The van der Waals surface area contributed by atoms with Crippen LogP contribution in [0.5, 0.6) is 0 Å². The first-order valence-electron chi connectivity index (χ1n) is 5.02. The van der Waals surface area contributed by atoms with Crippen molar-refractivity contribution in [3.05, 3.63) is 0 Å². The quantitative estimate of drug-likeness (QED) is 0.575. The molecule has 0 heterocycles. The van der Waals surface area contributed by atoms with Gasteiger partial charge in [0.1, 0.15) is 0 Å². The fraction of sp³-hybridized carbons (Fsp3) is 0.889. The van der Waals surface area contributed by atoms with Crippen LogP contribution in [0.15, 0.2) is 0 Å².